The molecular weight excluding hydrogens is 200 g/mol. The first kappa shape index (κ1) is 11.7. The Morgan fingerprint density at radius 2 is 2.31 bits per heavy atom. The summed E-state index contributed by atoms with van der Waals surface area (Å²) < 4.78 is 5.55. The van der Waals surface area contributed by atoms with E-state index in [2.05, 4.69) is 30.5 Å². The molecule has 16 heavy (non-hydrogen) atoms. The van der Waals surface area contributed by atoms with Crippen molar-refractivity contribution in [2.24, 2.45) is 0 Å². The van der Waals surface area contributed by atoms with Gasteiger partial charge in [0.15, 0.2) is 0 Å². The van der Waals surface area contributed by atoms with Crippen LogP contribution in [0.3, 0.4) is 0 Å². The molecule has 1 fully saturated rings. The highest BCUT2D eigenvalue weighted by atomic mass is 16.3. The van der Waals surface area contributed by atoms with Gasteiger partial charge in [-0.3, -0.25) is 0 Å². The van der Waals surface area contributed by atoms with Crippen LogP contribution in [-0.2, 0) is 6.54 Å². The van der Waals surface area contributed by atoms with Gasteiger partial charge < -0.3 is 15.1 Å². The molecule has 1 aromatic rings. The highest BCUT2D eigenvalue weighted by Crippen LogP contribution is 2.18. The van der Waals surface area contributed by atoms with Crippen molar-refractivity contribution in [1.29, 1.82) is 0 Å². The van der Waals surface area contributed by atoms with Crippen LogP contribution in [-0.4, -0.2) is 18.1 Å². The normalized spacial score (nSPS) is 24.6. The third kappa shape index (κ3) is 3.09. The minimum Gasteiger partial charge on any atom is -0.465 e. The van der Waals surface area contributed by atoms with E-state index in [9.17, 15) is 0 Å². The van der Waals surface area contributed by atoms with Gasteiger partial charge in [-0.25, -0.2) is 0 Å². The highest BCUT2D eigenvalue weighted by molar-refractivity contribution is 5.05. The van der Waals surface area contributed by atoms with Crippen molar-refractivity contribution in [3.8, 4) is 0 Å². The molecule has 2 rings (SSSR count). The molecule has 2 N–H and O–H groups in total. The van der Waals surface area contributed by atoms with Gasteiger partial charge in [-0.2, -0.15) is 0 Å². The molecule has 0 bridgehead atoms. The predicted molar refractivity (Wildman–Crippen MR) is 65.4 cm³/mol. The van der Waals surface area contributed by atoms with Crippen molar-refractivity contribution in [1.82, 2.24) is 10.6 Å². The van der Waals surface area contributed by atoms with E-state index < -0.39 is 0 Å². The van der Waals surface area contributed by atoms with Crippen LogP contribution in [0.25, 0.3) is 0 Å². The van der Waals surface area contributed by atoms with E-state index in [1.165, 1.54) is 12.8 Å². The molecular formula is C13H22N2O. The number of furan rings is 1. The van der Waals surface area contributed by atoms with Crippen molar-refractivity contribution in [3.63, 3.8) is 0 Å². The van der Waals surface area contributed by atoms with Crippen molar-refractivity contribution in [2.45, 2.75) is 51.7 Å². The summed E-state index contributed by atoms with van der Waals surface area (Å²) in [5, 5.41) is 7.10. The summed E-state index contributed by atoms with van der Waals surface area (Å²) in [7, 11) is 0. The quantitative estimate of drug-likeness (QED) is 0.823. The summed E-state index contributed by atoms with van der Waals surface area (Å²) >= 11 is 0. The molecule has 0 amide bonds. The fourth-order valence-corrected chi connectivity index (χ4v) is 2.37. The van der Waals surface area contributed by atoms with E-state index in [1.54, 1.807) is 0 Å². The average molecular weight is 222 g/mol. The van der Waals surface area contributed by atoms with Gasteiger partial charge in [0.25, 0.3) is 0 Å². The SMILES string of the molecule is Cc1ccc(CNC2CCNC(C)(C)C2)o1. The van der Waals surface area contributed by atoms with Gasteiger partial charge in [0.1, 0.15) is 11.5 Å². The number of piperidine rings is 1. The molecule has 3 nitrogen and oxygen atoms in total. The van der Waals surface area contributed by atoms with E-state index >= 15 is 0 Å². The van der Waals surface area contributed by atoms with Crippen LogP contribution >= 0.6 is 0 Å². The average Bonchev–Trinajstić information content (AvgIpc) is 2.60. The largest absolute Gasteiger partial charge is 0.465 e. The first-order chi connectivity index (χ1) is 7.55. The van der Waals surface area contributed by atoms with E-state index in [-0.39, 0.29) is 5.54 Å². The van der Waals surface area contributed by atoms with Gasteiger partial charge in [0, 0.05) is 11.6 Å². The zero-order valence-corrected chi connectivity index (χ0v) is 10.5. The summed E-state index contributed by atoms with van der Waals surface area (Å²) in [5.74, 6) is 2.02. The molecule has 2 heterocycles. The third-order valence-electron chi connectivity index (χ3n) is 3.21. The lowest BCUT2D eigenvalue weighted by atomic mass is 9.89. The van der Waals surface area contributed by atoms with Crippen LogP contribution in [0, 0.1) is 6.92 Å². The molecule has 1 aliphatic rings. The topological polar surface area (TPSA) is 37.2 Å². The Morgan fingerprint density at radius 1 is 1.50 bits per heavy atom. The van der Waals surface area contributed by atoms with Gasteiger partial charge >= 0.3 is 0 Å². The van der Waals surface area contributed by atoms with E-state index in [1.807, 2.05) is 13.0 Å². The smallest absolute Gasteiger partial charge is 0.117 e. The number of aryl methyl sites for hydroxylation is 1. The Hall–Kier alpha value is -0.800. The van der Waals surface area contributed by atoms with Crippen molar-refractivity contribution < 1.29 is 4.42 Å². The van der Waals surface area contributed by atoms with Crippen LogP contribution in [0.2, 0.25) is 0 Å². The maximum atomic E-state index is 5.55. The molecule has 0 radical (unpaired) electrons. The van der Waals surface area contributed by atoms with Crippen molar-refractivity contribution >= 4 is 0 Å². The molecule has 1 aliphatic heterocycles. The highest BCUT2D eigenvalue weighted by Gasteiger charge is 2.26. The summed E-state index contributed by atoms with van der Waals surface area (Å²) in [5.41, 5.74) is 0.259. The van der Waals surface area contributed by atoms with Gasteiger partial charge in [-0.1, -0.05) is 0 Å². The minimum absolute atomic E-state index is 0.259. The molecule has 1 unspecified atom stereocenters. The molecule has 0 aromatic carbocycles. The molecule has 0 saturated carbocycles. The molecule has 3 heteroatoms. The summed E-state index contributed by atoms with van der Waals surface area (Å²) in [4.78, 5) is 0. The molecule has 0 spiro atoms. The lowest BCUT2D eigenvalue weighted by Gasteiger charge is -2.36. The minimum atomic E-state index is 0.259. The Morgan fingerprint density at radius 3 is 2.94 bits per heavy atom. The lowest BCUT2D eigenvalue weighted by Crippen LogP contribution is -2.51. The monoisotopic (exact) mass is 222 g/mol. The number of hydrogen-bond acceptors (Lipinski definition) is 3. The summed E-state index contributed by atoms with van der Waals surface area (Å²) in [6, 6.07) is 4.67. The fourth-order valence-electron chi connectivity index (χ4n) is 2.37. The van der Waals surface area contributed by atoms with Crippen LogP contribution in [0.5, 0.6) is 0 Å². The standard InChI is InChI=1S/C13H22N2O/c1-10-4-5-12(16-10)9-14-11-6-7-15-13(2,3)8-11/h4-5,11,14-15H,6-9H2,1-3H3. The summed E-state index contributed by atoms with van der Waals surface area (Å²) in [6.45, 7) is 8.45. The number of hydrogen-bond donors (Lipinski definition) is 2. The van der Waals surface area contributed by atoms with Gasteiger partial charge in [0.05, 0.1) is 6.54 Å². The Balaban J connectivity index is 1.82. The van der Waals surface area contributed by atoms with E-state index in [0.717, 1.165) is 24.6 Å². The lowest BCUT2D eigenvalue weighted by molar-refractivity contribution is 0.244. The maximum Gasteiger partial charge on any atom is 0.117 e. The Kier molecular flexibility index (Phi) is 3.36. The molecule has 1 aromatic heterocycles. The van der Waals surface area contributed by atoms with Crippen LogP contribution in [0.15, 0.2) is 16.5 Å². The van der Waals surface area contributed by atoms with Crippen LogP contribution < -0.4 is 10.6 Å². The first-order valence-electron chi connectivity index (χ1n) is 6.09. The first-order valence-corrected chi connectivity index (χ1v) is 6.09. The van der Waals surface area contributed by atoms with E-state index in [0.29, 0.717) is 6.04 Å². The maximum absolute atomic E-state index is 5.55. The molecule has 90 valence electrons. The van der Waals surface area contributed by atoms with Crippen LogP contribution in [0.1, 0.15) is 38.2 Å². The zero-order chi connectivity index (χ0) is 11.6. The second kappa shape index (κ2) is 4.60. The van der Waals surface area contributed by atoms with Crippen molar-refractivity contribution in [3.05, 3.63) is 23.7 Å². The number of nitrogens with one attached hydrogen (secondary N) is 2. The molecule has 1 saturated heterocycles. The fraction of sp³-hybridized carbons (Fsp3) is 0.692. The third-order valence-corrected chi connectivity index (χ3v) is 3.21. The van der Waals surface area contributed by atoms with Gasteiger partial charge in [-0.15, -0.1) is 0 Å². The molecule has 1 atom stereocenters. The number of rotatable bonds is 3. The van der Waals surface area contributed by atoms with Crippen LogP contribution in [0.4, 0.5) is 0 Å². The second-order valence-corrected chi connectivity index (χ2v) is 5.39. The van der Waals surface area contributed by atoms with E-state index in [4.69, 9.17) is 4.42 Å². The Bertz CT molecular complexity index is 343. The molecule has 0 aliphatic carbocycles. The Labute approximate surface area is 97.6 Å². The van der Waals surface area contributed by atoms with Gasteiger partial charge in [0.2, 0.25) is 0 Å². The van der Waals surface area contributed by atoms with Crippen molar-refractivity contribution in [2.75, 3.05) is 6.54 Å². The van der Waals surface area contributed by atoms with Gasteiger partial charge in [-0.05, 0) is 52.3 Å². The predicted octanol–water partition coefficient (Wildman–Crippen LogP) is 2.21. The second-order valence-electron chi connectivity index (χ2n) is 5.39. The zero-order valence-electron chi connectivity index (χ0n) is 10.5. The summed E-state index contributed by atoms with van der Waals surface area (Å²) in [6.07, 6.45) is 2.37.